The van der Waals surface area contributed by atoms with Gasteiger partial charge in [-0.3, -0.25) is 9.10 Å². The molecular formula is C19H23ClN2O5S2. The lowest BCUT2D eigenvalue weighted by atomic mass is 10.1. The summed E-state index contributed by atoms with van der Waals surface area (Å²) in [6.07, 6.45) is 2.13. The summed E-state index contributed by atoms with van der Waals surface area (Å²) >= 11 is 5.97. The number of carbonyl (C=O) groups is 1. The van der Waals surface area contributed by atoms with Crippen LogP contribution in [0.15, 0.2) is 53.4 Å². The van der Waals surface area contributed by atoms with E-state index in [1.165, 1.54) is 25.1 Å². The average Bonchev–Trinajstić information content (AvgIpc) is 2.60. The van der Waals surface area contributed by atoms with E-state index in [9.17, 15) is 21.6 Å². The molecule has 0 aromatic heterocycles. The predicted molar refractivity (Wildman–Crippen MR) is 114 cm³/mol. The monoisotopic (exact) mass is 458 g/mol. The lowest BCUT2D eigenvalue weighted by Crippen LogP contribution is -2.48. The number of sulfone groups is 1. The van der Waals surface area contributed by atoms with Gasteiger partial charge in [0, 0.05) is 11.3 Å². The third-order valence-corrected chi connectivity index (χ3v) is 6.92. The van der Waals surface area contributed by atoms with Crippen molar-refractivity contribution in [2.45, 2.75) is 30.8 Å². The number of rotatable bonds is 7. The quantitative estimate of drug-likeness (QED) is 0.687. The summed E-state index contributed by atoms with van der Waals surface area (Å²) in [5.74, 6) is -0.505. The van der Waals surface area contributed by atoms with Gasteiger partial charge in [0.15, 0.2) is 9.84 Å². The normalized spacial score (nSPS) is 14.1. The molecule has 2 atom stereocenters. The van der Waals surface area contributed by atoms with E-state index in [1.807, 2.05) is 0 Å². The number of carbonyl (C=O) groups excluding carboxylic acids is 1. The molecule has 0 fully saturated rings. The summed E-state index contributed by atoms with van der Waals surface area (Å²) in [6, 6.07) is 10.9. The second kappa shape index (κ2) is 8.73. The molecule has 0 aliphatic heterocycles. The van der Waals surface area contributed by atoms with Crippen LogP contribution in [0.3, 0.4) is 0 Å². The van der Waals surface area contributed by atoms with Crippen molar-refractivity contribution < 1.29 is 21.6 Å². The lowest BCUT2D eigenvalue weighted by molar-refractivity contribution is -0.122. The molecular weight excluding hydrogens is 436 g/mol. The van der Waals surface area contributed by atoms with Crippen molar-refractivity contribution in [3.63, 3.8) is 0 Å². The van der Waals surface area contributed by atoms with E-state index in [0.29, 0.717) is 10.6 Å². The Balaban J connectivity index is 2.23. The maximum absolute atomic E-state index is 12.8. The zero-order valence-electron chi connectivity index (χ0n) is 16.5. The molecule has 1 N–H and O–H groups in total. The Morgan fingerprint density at radius 3 is 2.07 bits per heavy atom. The zero-order valence-corrected chi connectivity index (χ0v) is 18.8. The Morgan fingerprint density at radius 2 is 1.59 bits per heavy atom. The second-order valence-corrected chi connectivity index (χ2v) is 11.1. The molecule has 0 spiro atoms. The number of hydrogen-bond donors (Lipinski definition) is 1. The SMILES string of the molecule is C[C@H](NC(=O)[C@@H](C)N(c1cccc(Cl)c1)S(C)(=O)=O)c1ccc(S(C)(=O)=O)cc1. The second-order valence-electron chi connectivity index (χ2n) is 6.79. The molecule has 0 heterocycles. The molecule has 0 saturated heterocycles. The topological polar surface area (TPSA) is 101 Å². The molecule has 7 nitrogen and oxygen atoms in total. The molecule has 29 heavy (non-hydrogen) atoms. The van der Waals surface area contributed by atoms with Crippen LogP contribution in [0.5, 0.6) is 0 Å². The Labute approximate surface area is 176 Å². The predicted octanol–water partition coefficient (Wildman–Crippen LogP) is 2.78. The minimum Gasteiger partial charge on any atom is -0.348 e. The van der Waals surface area contributed by atoms with Gasteiger partial charge in [-0.25, -0.2) is 16.8 Å². The summed E-state index contributed by atoms with van der Waals surface area (Å²) in [5, 5.41) is 3.11. The standard InChI is InChI=1S/C19H23ClN2O5S2/c1-13(15-8-10-18(11-9-15)28(3,24)25)21-19(23)14(2)22(29(4,26)27)17-7-5-6-16(20)12-17/h5-14H,1-4H3,(H,21,23)/t13-,14+/m0/s1. The van der Waals surface area contributed by atoms with Crippen LogP contribution >= 0.6 is 11.6 Å². The van der Waals surface area contributed by atoms with Gasteiger partial charge in [0.2, 0.25) is 15.9 Å². The van der Waals surface area contributed by atoms with Gasteiger partial charge in [0.1, 0.15) is 6.04 Å². The molecule has 2 aromatic rings. The van der Waals surface area contributed by atoms with Crippen LogP contribution in [-0.2, 0) is 24.7 Å². The van der Waals surface area contributed by atoms with Crippen LogP contribution in [0, 0.1) is 0 Å². The third-order valence-electron chi connectivity index (χ3n) is 4.32. The fourth-order valence-corrected chi connectivity index (χ4v) is 4.82. The first-order valence-electron chi connectivity index (χ1n) is 8.66. The Bertz CT molecular complexity index is 1100. The molecule has 2 aromatic carbocycles. The number of nitrogens with zero attached hydrogens (tertiary/aromatic N) is 1. The van der Waals surface area contributed by atoms with E-state index in [4.69, 9.17) is 11.6 Å². The van der Waals surface area contributed by atoms with Crippen molar-refractivity contribution in [3.8, 4) is 0 Å². The fourth-order valence-electron chi connectivity index (χ4n) is 2.84. The van der Waals surface area contributed by atoms with Crippen LogP contribution in [-0.4, -0.2) is 41.3 Å². The summed E-state index contributed by atoms with van der Waals surface area (Å²) < 4.78 is 48.8. The van der Waals surface area contributed by atoms with Crippen molar-refractivity contribution in [2.24, 2.45) is 0 Å². The summed E-state index contributed by atoms with van der Waals surface area (Å²) in [6.45, 7) is 3.21. The summed E-state index contributed by atoms with van der Waals surface area (Å²) in [7, 11) is -7.07. The van der Waals surface area contributed by atoms with Crippen LogP contribution in [0.25, 0.3) is 0 Å². The highest BCUT2D eigenvalue weighted by atomic mass is 35.5. The molecule has 1 amide bonds. The molecule has 0 unspecified atom stereocenters. The highest BCUT2D eigenvalue weighted by Crippen LogP contribution is 2.25. The summed E-state index contributed by atoms with van der Waals surface area (Å²) in [4.78, 5) is 12.9. The van der Waals surface area contributed by atoms with Crippen molar-refractivity contribution in [1.82, 2.24) is 5.32 Å². The van der Waals surface area contributed by atoms with Crippen molar-refractivity contribution in [3.05, 3.63) is 59.1 Å². The van der Waals surface area contributed by atoms with Gasteiger partial charge in [-0.05, 0) is 49.7 Å². The van der Waals surface area contributed by atoms with Gasteiger partial charge in [0.25, 0.3) is 0 Å². The first kappa shape index (κ1) is 23.2. The highest BCUT2D eigenvalue weighted by molar-refractivity contribution is 7.92. The Kier molecular flexibility index (Phi) is 6.97. The number of benzene rings is 2. The largest absolute Gasteiger partial charge is 0.348 e. The molecule has 10 heteroatoms. The van der Waals surface area contributed by atoms with E-state index in [1.54, 1.807) is 37.3 Å². The van der Waals surface area contributed by atoms with Gasteiger partial charge < -0.3 is 5.32 Å². The van der Waals surface area contributed by atoms with Crippen LogP contribution in [0.2, 0.25) is 5.02 Å². The third kappa shape index (κ3) is 5.94. The molecule has 0 saturated carbocycles. The van der Waals surface area contributed by atoms with Crippen molar-refractivity contribution >= 4 is 43.1 Å². The fraction of sp³-hybridized carbons (Fsp3) is 0.316. The molecule has 2 rings (SSSR count). The smallest absolute Gasteiger partial charge is 0.244 e. The van der Waals surface area contributed by atoms with Gasteiger partial charge in [-0.1, -0.05) is 29.8 Å². The van der Waals surface area contributed by atoms with Gasteiger partial charge in [0.05, 0.1) is 22.9 Å². The van der Waals surface area contributed by atoms with E-state index >= 15 is 0 Å². The van der Waals surface area contributed by atoms with Crippen molar-refractivity contribution in [2.75, 3.05) is 16.8 Å². The first-order chi connectivity index (χ1) is 13.3. The number of nitrogens with one attached hydrogen (secondary N) is 1. The molecule has 0 radical (unpaired) electrons. The minimum absolute atomic E-state index is 0.178. The van der Waals surface area contributed by atoms with E-state index in [2.05, 4.69) is 5.32 Å². The van der Waals surface area contributed by atoms with E-state index < -0.39 is 37.9 Å². The van der Waals surface area contributed by atoms with Crippen molar-refractivity contribution in [1.29, 1.82) is 0 Å². The van der Waals surface area contributed by atoms with Crippen LogP contribution in [0.4, 0.5) is 5.69 Å². The van der Waals surface area contributed by atoms with Gasteiger partial charge in [-0.2, -0.15) is 0 Å². The first-order valence-corrected chi connectivity index (χ1v) is 12.8. The highest BCUT2D eigenvalue weighted by Gasteiger charge is 2.30. The van der Waals surface area contributed by atoms with E-state index in [0.717, 1.165) is 16.8 Å². The average molecular weight is 459 g/mol. The van der Waals surface area contributed by atoms with Crippen LogP contribution < -0.4 is 9.62 Å². The molecule has 0 aliphatic rings. The van der Waals surface area contributed by atoms with Crippen LogP contribution in [0.1, 0.15) is 25.5 Å². The number of amides is 1. The Morgan fingerprint density at radius 1 is 1.00 bits per heavy atom. The maximum atomic E-state index is 12.8. The molecule has 158 valence electrons. The van der Waals surface area contributed by atoms with Gasteiger partial charge >= 0.3 is 0 Å². The summed E-state index contributed by atoms with van der Waals surface area (Å²) in [5.41, 5.74) is 0.972. The number of anilines is 1. The lowest BCUT2D eigenvalue weighted by Gasteiger charge is -2.29. The van der Waals surface area contributed by atoms with E-state index in [-0.39, 0.29) is 10.6 Å². The molecule has 0 bridgehead atoms. The maximum Gasteiger partial charge on any atom is 0.244 e. The van der Waals surface area contributed by atoms with Gasteiger partial charge in [-0.15, -0.1) is 0 Å². The zero-order chi connectivity index (χ0) is 22.0. The number of halogens is 1. The number of hydrogen-bond acceptors (Lipinski definition) is 5. The minimum atomic E-state index is -3.75. The molecule has 0 aliphatic carbocycles. The number of sulfonamides is 1. The Hall–Kier alpha value is -2.10.